The Labute approximate surface area is 99.3 Å². The van der Waals surface area contributed by atoms with E-state index in [9.17, 15) is 4.79 Å². The maximum Gasteiger partial charge on any atom is 0.166 e. The minimum absolute atomic E-state index is 0.101. The van der Waals surface area contributed by atoms with E-state index in [1.807, 2.05) is 25.1 Å². The lowest BCUT2D eigenvalue weighted by Crippen LogP contribution is -2.39. The molecule has 4 heteroatoms. The van der Waals surface area contributed by atoms with Gasteiger partial charge in [-0.2, -0.15) is 5.10 Å². The van der Waals surface area contributed by atoms with E-state index in [4.69, 9.17) is 0 Å². The first-order valence-electron chi connectivity index (χ1n) is 5.18. The number of Topliss-reactive ketones (excluding diaryl/α,β-unsaturated/α-hetero) is 1. The number of nitrogens with zero attached hydrogens (tertiary/aromatic N) is 1. The fourth-order valence-corrected chi connectivity index (χ4v) is 2.48. The first-order valence-corrected chi connectivity index (χ1v) is 5.99. The van der Waals surface area contributed by atoms with Crippen LogP contribution in [0.2, 0.25) is 0 Å². The second-order valence-corrected chi connectivity index (χ2v) is 5.46. The molecule has 0 unspecified atom stereocenters. The van der Waals surface area contributed by atoms with Gasteiger partial charge in [0.15, 0.2) is 10.7 Å². The van der Waals surface area contributed by atoms with Gasteiger partial charge in [-0.3, -0.25) is 10.2 Å². The highest BCUT2D eigenvalue weighted by molar-refractivity contribution is 8.15. The Bertz CT molecular complexity index is 430. The van der Waals surface area contributed by atoms with Gasteiger partial charge in [-0.1, -0.05) is 42.1 Å². The van der Waals surface area contributed by atoms with Crippen LogP contribution in [-0.4, -0.2) is 15.7 Å². The molecule has 0 fully saturated rings. The highest BCUT2D eigenvalue weighted by Crippen LogP contribution is 2.30. The number of benzene rings is 1. The van der Waals surface area contributed by atoms with Gasteiger partial charge < -0.3 is 0 Å². The van der Waals surface area contributed by atoms with Gasteiger partial charge in [-0.15, -0.1) is 0 Å². The summed E-state index contributed by atoms with van der Waals surface area (Å²) in [5.41, 5.74) is 4.12. The van der Waals surface area contributed by atoms with Gasteiger partial charge in [-0.25, -0.2) is 0 Å². The molecule has 1 atom stereocenters. The fraction of sp³-hybridized carbons (Fsp3) is 0.333. The summed E-state index contributed by atoms with van der Waals surface area (Å²) >= 11 is 1.51. The molecule has 0 spiro atoms. The molecule has 2 rings (SSSR count). The Morgan fingerprint density at radius 3 is 2.69 bits per heavy atom. The average molecular weight is 234 g/mol. The van der Waals surface area contributed by atoms with Crippen molar-refractivity contribution in [2.75, 3.05) is 0 Å². The Kier molecular flexibility index (Phi) is 3.01. The van der Waals surface area contributed by atoms with Crippen molar-refractivity contribution < 1.29 is 4.79 Å². The van der Waals surface area contributed by atoms with Crippen LogP contribution in [0.1, 0.15) is 19.4 Å². The maximum absolute atomic E-state index is 11.4. The van der Waals surface area contributed by atoms with Crippen LogP contribution in [0.5, 0.6) is 0 Å². The van der Waals surface area contributed by atoms with Crippen molar-refractivity contribution >= 4 is 22.6 Å². The standard InChI is InChI=1S/C12H14N2OS/c1-9(15)12(2)14-13-11(16-12)8-10-6-4-3-5-7-10/h3-7,14H,8H2,1-2H3/t12-/m1/s1. The molecule has 3 nitrogen and oxygen atoms in total. The minimum atomic E-state index is -0.579. The predicted octanol–water partition coefficient (Wildman–Crippen LogP) is 2.18. The summed E-state index contributed by atoms with van der Waals surface area (Å²) in [6, 6.07) is 10.1. The highest BCUT2D eigenvalue weighted by Gasteiger charge is 2.36. The summed E-state index contributed by atoms with van der Waals surface area (Å²) in [6.45, 7) is 3.45. The molecule has 0 aromatic heterocycles. The van der Waals surface area contributed by atoms with E-state index >= 15 is 0 Å². The molecule has 1 aliphatic rings. The zero-order valence-corrected chi connectivity index (χ0v) is 10.2. The van der Waals surface area contributed by atoms with Gasteiger partial charge in [-0.05, 0) is 19.4 Å². The summed E-state index contributed by atoms with van der Waals surface area (Å²) < 4.78 is 0. The summed E-state index contributed by atoms with van der Waals surface area (Å²) in [4.78, 5) is 10.8. The number of carbonyl (C=O) groups is 1. The number of hydrogen-bond donors (Lipinski definition) is 1. The van der Waals surface area contributed by atoms with Crippen molar-refractivity contribution in [1.29, 1.82) is 0 Å². The largest absolute Gasteiger partial charge is 0.296 e. The molecule has 0 bridgehead atoms. The third kappa shape index (κ3) is 2.27. The first-order chi connectivity index (χ1) is 7.60. The molecule has 0 aliphatic carbocycles. The Balaban J connectivity index is 2.03. The fourth-order valence-electron chi connectivity index (χ4n) is 1.45. The van der Waals surface area contributed by atoms with E-state index in [-0.39, 0.29) is 5.78 Å². The number of thioether (sulfide) groups is 1. The summed E-state index contributed by atoms with van der Waals surface area (Å²) in [5, 5.41) is 5.18. The van der Waals surface area contributed by atoms with E-state index in [0.29, 0.717) is 0 Å². The number of nitrogens with one attached hydrogen (secondary N) is 1. The number of hydrazone groups is 1. The van der Waals surface area contributed by atoms with Gasteiger partial charge in [0.05, 0.1) is 0 Å². The number of rotatable bonds is 3. The monoisotopic (exact) mass is 234 g/mol. The van der Waals surface area contributed by atoms with Crippen LogP contribution in [0, 0.1) is 0 Å². The van der Waals surface area contributed by atoms with Crippen LogP contribution in [-0.2, 0) is 11.2 Å². The van der Waals surface area contributed by atoms with E-state index < -0.39 is 4.87 Å². The molecule has 1 aromatic carbocycles. The van der Waals surface area contributed by atoms with Gasteiger partial charge >= 0.3 is 0 Å². The van der Waals surface area contributed by atoms with Crippen molar-refractivity contribution in [3.05, 3.63) is 35.9 Å². The van der Waals surface area contributed by atoms with Crippen LogP contribution in [0.3, 0.4) is 0 Å². The zero-order chi connectivity index (χ0) is 11.6. The molecule has 16 heavy (non-hydrogen) atoms. The normalized spacial score (nSPS) is 23.8. The van der Waals surface area contributed by atoms with Crippen molar-refractivity contribution in [3.8, 4) is 0 Å². The number of carbonyl (C=O) groups excluding carboxylic acids is 1. The van der Waals surface area contributed by atoms with Crippen LogP contribution in [0.15, 0.2) is 35.4 Å². The number of ketones is 1. The molecular weight excluding hydrogens is 220 g/mol. The van der Waals surface area contributed by atoms with E-state index in [0.717, 1.165) is 11.5 Å². The van der Waals surface area contributed by atoms with Crippen LogP contribution in [0.4, 0.5) is 0 Å². The van der Waals surface area contributed by atoms with Gasteiger partial charge in [0.25, 0.3) is 0 Å². The van der Waals surface area contributed by atoms with Gasteiger partial charge in [0.1, 0.15) is 5.04 Å². The third-order valence-corrected chi connectivity index (χ3v) is 3.84. The van der Waals surface area contributed by atoms with Crippen LogP contribution >= 0.6 is 11.8 Å². The Morgan fingerprint density at radius 2 is 2.12 bits per heavy atom. The van der Waals surface area contributed by atoms with E-state index in [1.165, 1.54) is 17.3 Å². The molecule has 0 saturated heterocycles. The van der Waals surface area contributed by atoms with Gasteiger partial charge in [0, 0.05) is 6.42 Å². The van der Waals surface area contributed by atoms with Crippen molar-refractivity contribution in [2.24, 2.45) is 5.10 Å². The molecule has 0 saturated carbocycles. The second-order valence-electron chi connectivity index (χ2n) is 3.97. The van der Waals surface area contributed by atoms with E-state index in [2.05, 4.69) is 22.7 Å². The minimum Gasteiger partial charge on any atom is -0.296 e. The molecule has 1 N–H and O–H groups in total. The average Bonchev–Trinajstić information content (AvgIpc) is 2.63. The van der Waals surface area contributed by atoms with E-state index in [1.54, 1.807) is 6.92 Å². The summed E-state index contributed by atoms with van der Waals surface area (Å²) in [6.07, 6.45) is 0.779. The summed E-state index contributed by atoms with van der Waals surface area (Å²) in [7, 11) is 0. The molecule has 0 radical (unpaired) electrons. The van der Waals surface area contributed by atoms with Gasteiger partial charge in [0.2, 0.25) is 0 Å². The lowest BCUT2D eigenvalue weighted by Gasteiger charge is -2.18. The molecule has 84 valence electrons. The Morgan fingerprint density at radius 1 is 1.44 bits per heavy atom. The third-order valence-electron chi connectivity index (χ3n) is 2.59. The maximum atomic E-state index is 11.4. The van der Waals surface area contributed by atoms with Crippen molar-refractivity contribution in [2.45, 2.75) is 25.1 Å². The molecule has 1 heterocycles. The molecule has 1 aromatic rings. The first kappa shape index (κ1) is 11.2. The smallest absolute Gasteiger partial charge is 0.166 e. The topological polar surface area (TPSA) is 41.5 Å². The Hall–Kier alpha value is -1.29. The SMILES string of the molecule is CC(=O)[C@]1(C)NN=C(Cc2ccccc2)S1. The molecule has 1 aliphatic heterocycles. The van der Waals surface area contributed by atoms with Crippen LogP contribution in [0.25, 0.3) is 0 Å². The highest BCUT2D eigenvalue weighted by atomic mass is 32.2. The van der Waals surface area contributed by atoms with Crippen LogP contribution < -0.4 is 5.43 Å². The quantitative estimate of drug-likeness (QED) is 0.871. The lowest BCUT2D eigenvalue weighted by atomic mass is 10.2. The summed E-state index contributed by atoms with van der Waals surface area (Å²) in [5.74, 6) is 0.101. The predicted molar refractivity (Wildman–Crippen MR) is 67.4 cm³/mol. The zero-order valence-electron chi connectivity index (χ0n) is 9.36. The molecule has 0 amide bonds. The lowest BCUT2D eigenvalue weighted by molar-refractivity contribution is -0.119. The molecular formula is C12H14N2OS. The number of hydrogen-bond acceptors (Lipinski definition) is 4. The van der Waals surface area contributed by atoms with Crippen molar-refractivity contribution in [3.63, 3.8) is 0 Å². The second kappa shape index (κ2) is 4.29. The van der Waals surface area contributed by atoms with Crippen molar-refractivity contribution in [1.82, 2.24) is 5.43 Å².